The largest absolute Gasteiger partial charge is 0.508 e. The van der Waals surface area contributed by atoms with E-state index in [1.165, 1.54) is 11.1 Å². The smallest absolute Gasteiger partial charge is 0.126 e. The molecule has 0 radical (unpaired) electrons. The highest BCUT2D eigenvalue weighted by atomic mass is 16.5. The van der Waals surface area contributed by atoms with Crippen LogP contribution in [-0.4, -0.2) is 43.9 Å². The number of hydrogen-bond acceptors (Lipinski definition) is 4. The molecular weight excluding hydrogens is 386 g/mol. The number of nitrogens with zero attached hydrogens (tertiary/aromatic N) is 1. The molecule has 4 rings (SSSR count). The number of benzene rings is 3. The van der Waals surface area contributed by atoms with E-state index in [4.69, 9.17) is 9.47 Å². The van der Waals surface area contributed by atoms with E-state index in [9.17, 15) is 5.11 Å². The fourth-order valence-corrected chi connectivity index (χ4v) is 4.29. The van der Waals surface area contributed by atoms with Crippen molar-refractivity contribution in [1.82, 2.24) is 4.90 Å². The van der Waals surface area contributed by atoms with Gasteiger partial charge in [0.1, 0.15) is 17.2 Å². The van der Waals surface area contributed by atoms with Gasteiger partial charge >= 0.3 is 0 Å². The van der Waals surface area contributed by atoms with Crippen molar-refractivity contribution in [3.8, 4) is 17.2 Å². The molecule has 0 saturated heterocycles. The summed E-state index contributed by atoms with van der Waals surface area (Å²) in [6.45, 7) is 2.40. The molecule has 3 aromatic rings. The zero-order chi connectivity index (χ0) is 21.6. The summed E-state index contributed by atoms with van der Waals surface area (Å²) in [5, 5.41) is 9.92. The number of aromatic hydroxyl groups is 1. The minimum atomic E-state index is 0.154. The Hall–Kier alpha value is -2.98. The Bertz CT molecular complexity index is 970. The summed E-state index contributed by atoms with van der Waals surface area (Å²) in [7, 11) is 4.19. The topological polar surface area (TPSA) is 41.9 Å². The number of fused-ring (bicyclic) bond motifs is 1. The second-order valence-corrected chi connectivity index (χ2v) is 8.46. The van der Waals surface area contributed by atoms with Gasteiger partial charge in [0.25, 0.3) is 0 Å². The molecule has 162 valence electrons. The molecule has 31 heavy (non-hydrogen) atoms. The lowest BCUT2D eigenvalue weighted by molar-refractivity contribution is 0.247. The number of ether oxygens (including phenoxy) is 2. The Morgan fingerprint density at radius 2 is 1.71 bits per heavy atom. The number of rotatable bonds is 8. The molecule has 0 aromatic heterocycles. The Morgan fingerprint density at radius 3 is 2.45 bits per heavy atom. The van der Waals surface area contributed by atoms with Gasteiger partial charge < -0.3 is 19.5 Å². The number of phenolic OH excluding ortho intramolecular Hbond substituents is 1. The molecule has 3 aromatic carbocycles. The summed E-state index contributed by atoms with van der Waals surface area (Å²) in [5.74, 6) is 2.26. The summed E-state index contributed by atoms with van der Waals surface area (Å²) >= 11 is 0. The lowest BCUT2D eigenvalue weighted by atomic mass is 9.76. The molecule has 1 heterocycles. The van der Waals surface area contributed by atoms with Crippen molar-refractivity contribution in [2.45, 2.75) is 24.7 Å². The predicted octanol–water partition coefficient (Wildman–Crippen LogP) is 5.42. The molecule has 0 aliphatic carbocycles. The van der Waals surface area contributed by atoms with Crippen molar-refractivity contribution in [3.05, 3.63) is 89.5 Å². The Morgan fingerprint density at radius 1 is 0.935 bits per heavy atom. The van der Waals surface area contributed by atoms with Crippen LogP contribution in [0.3, 0.4) is 0 Å². The Kier molecular flexibility index (Phi) is 6.78. The summed E-state index contributed by atoms with van der Waals surface area (Å²) in [6.07, 6.45) is 2.18. The molecule has 0 fully saturated rings. The van der Waals surface area contributed by atoms with E-state index < -0.39 is 0 Å². The van der Waals surface area contributed by atoms with Crippen LogP contribution in [0, 0.1) is 0 Å². The Labute approximate surface area is 185 Å². The lowest BCUT2D eigenvalue weighted by Gasteiger charge is -2.34. The van der Waals surface area contributed by atoms with Gasteiger partial charge in [-0.15, -0.1) is 0 Å². The van der Waals surface area contributed by atoms with Gasteiger partial charge in [-0.1, -0.05) is 48.5 Å². The van der Waals surface area contributed by atoms with Gasteiger partial charge in [-0.3, -0.25) is 0 Å². The third kappa shape index (κ3) is 5.20. The van der Waals surface area contributed by atoms with Crippen LogP contribution in [0.4, 0.5) is 0 Å². The lowest BCUT2D eigenvalue weighted by Crippen LogP contribution is -2.25. The average Bonchev–Trinajstić information content (AvgIpc) is 2.79. The van der Waals surface area contributed by atoms with Crippen molar-refractivity contribution < 1.29 is 14.6 Å². The zero-order valence-electron chi connectivity index (χ0n) is 18.3. The van der Waals surface area contributed by atoms with Gasteiger partial charge in [-0.25, -0.2) is 0 Å². The molecular formula is C27H31NO3. The first-order chi connectivity index (χ1) is 15.1. The minimum absolute atomic E-state index is 0.154. The number of unbranched alkanes of at least 4 members (excludes halogenated alkanes) is 1. The van der Waals surface area contributed by atoms with Gasteiger partial charge in [-0.05, 0) is 62.8 Å². The first-order valence-electron chi connectivity index (χ1n) is 11.0. The molecule has 0 bridgehead atoms. The van der Waals surface area contributed by atoms with E-state index in [-0.39, 0.29) is 17.6 Å². The minimum Gasteiger partial charge on any atom is -0.508 e. The summed E-state index contributed by atoms with van der Waals surface area (Å²) in [5.41, 5.74) is 3.59. The summed E-state index contributed by atoms with van der Waals surface area (Å²) < 4.78 is 12.0. The van der Waals surface area contributed by atoms with Gasteiger partial charge in [0.15, 0.2) is 0 Å². The van der Waals surface area contributed by atoms with Crippen LogP contribution >= 0.6 is 0 Å². The highest BCUT2D eigenvalue weighted by molar-refractivity contribution is 5.50. The van der Waals surface area contributed by atoms with Crippen molar-refractivity contribution in [2.75, 3.05) is 33.9 Å². The molecule has 4 heteroatoms. The van der Waals surface area contributed by atoms with Crippen LogP contribution in [0.15, 0.2) is 72.8 Å². The average molecular weight is 418 g/mol. The first-order valence-corrected chi connectivity index (χ1v) is 11.0. The standard InChI is InChI=1S/C27H31NO3/c1-28(2)16-6-7-17-30-23-13-10-21(11-14-23)27-24-15-12-22(29)18-26(24)31-19-25(27)20-8-4-3-5-9-20/h3-5,8-15,18,25,27,29H,6-7,16-17,19H2,1-2H3/t25-,27?/m1/s1. The van der Waals surface area contributed by atoms with Gasteiger partial charge in [0, 0.05) is 23.5 Å². The number of hydrogen-bond donors (Lipinski definition) is 1. The maximum absolute atomic E-state index is 9.92. The van der Waals surface area contributed by atoms with Crippen molar-refractivity contribution in [1.29, 1.82) is 0 Å². The van der Waals surface area contributed by atoms with Gasteiger partial charge in [0.05, 0.1) is 13.2 Å². The maximum atomic E-state index is 9.92. The molecule has 1 unspecified atom stereocenters. The summed E-state index contributed by atoms with van der Waals surface area (Å²) in [6, 6.07) is 24.4. The fraction of sp³-hybridized carbons (Fsp3) is 0.333. The van der Waals surface area contributed by atoms with E-state index >= 15 is 0 Å². The fourth-order valence-electron chi connectivity index (χ4n) is 4.29. The molecule has 1 aliphatic heterocycles. The third-order valence-corrected chi connectivity index (χ3v) is 5.89. The van der Waals surface area contributed by atoms with Crippen molar-refractivity contribution >= 4 is 0 Å². The molecule has 1 aliphatic rings. The van der Waals surface area contributed by atoms with E-state index in [0.29, 0.717) is 6.61 Å². The van der Waals surface area contributed by atoms with Crippen LogP contribution < -0.4 is 9.47 Å². The molecule has 0 spiro atoms. The SMILES string of the molecule is CN(C)CCCCOc1ccc(C2c3ccc(O)cc3OC[C@@H]2c2ccccc2)cc1. The molecule has 1 N–H and O–H groups in total. The highest BCUT2D eigenvalue weighted by Crippen LogP contribution is 2.47. The summed E-state index contributed by atoms with van der Waals surface area (Å²) in [4.78, 5) is 2.20. The first kappa shape index (κ1) is 21.3. The van der Waals surface area contributed by atoms with Crippen LogP contribution in [0.5, 0.6) is 17.2 Å². The molecule has 0 amide bonds. The van der Waals surface area contributed by atoms with Crippen molar-refractivity contribution in [3.63, 3.8) is 0 Å². The molecule has 4 nitrogen and oxygen atoms in total. The molecule has 0 saturated carbocycles. The Balaban J connectivity index is 1.54. The normalized spacial score (nSPS) is 17.8. The van der Waals surface area contributed by atoms with Crippen LogP contribution in [0.1, 0.15) is 41.4 Å². The van der Waals surface area contributed by atoms with Gasteiger partial charge in [0.2, 0.25) is 0 Å². The van der Waals surface area contributed by atoms with Crippen LogP contribution in [0.2, 0.25) is 0 Å². The van der Waals surface area contributed by atoms with E-state index in [2.05, 4.69) is 67.5 Å². The van der Waals surface area contributed by atoms with Crippen molar-refractivity contribution in [2.24, 2.45) is 0 Å². The van der Waals surface area contributed by atoms with Crippen LogP contribution in [0.25, 0.3) is 0 Å². The second-order valence-electron chi connectivity index (χ2n) is 8.46. The van der Waals surface area contributed by atoms with E-state index in [1.54, 1.807) is 12.1 Å². The predicted molar refractivity (Wildman–Crippen MR) is 124 cm³/mol. The van der Waals surface area contributed by atoms with E-state index in [1.807, 2.05) is 12.1 Å². The second kappa shape index (κ2) is 9.88. The third-order valence-electron chi connectivity index (χ3n) is 5.89. The number of phenols is 1. The maximum Gasteiger partial charge on any atom is 0.126 e. The monoisotopic (exact) mass is 417 g/mol. The molecule has 2 atom stereocenters. The zero-order valence-corrected chi connectivity index (χ0v) is 18.3. The highest BCUT2D eigenvalue weighted by Gasteiger charge is 2.33. The van der Waals surface area contributed by atoms with Gasteiger partial charge in [-0.2, -0.15) is 0 Å². The van der Waals surface area contributed by atoms with Crippen LogP contribution in [-0.2, 0) is 0 Å². The quantitative estimate of drug-likeness (QED) is 0.497. The van der Waals surface area contributed by atoms with E-state index in [0.717, 1.165) is 43.1 Å².